The SMILES string of the molecule is O=c1[nH]ncn2cc(S(=O)(=O)Nc3ccc(F)cc3Cl)cc12. The van der Waals surface area contributed by atoms with Crippen LogP contribution in [0.5, 0.6) is 0 Å². The molecule has 0 saturated carbocycles. The molecule has 0 amide bonds. The predicted octanol–water partition coefficient (Wildman–Crippen LogP) is 1.62. The van der Waals surface area contributed by atoms with E-state index in [1.54, 1.807) is 0 Å². The number of anilines is 1. The summed E-state index contributed by atoms with van der Waals surface area (Å²) in [4.78, 5) is 11.4. The van der Waals surface area contributed by atoms with Gasteiger partial charge in [0.05, 0.1) is 10.7 Å². The summed E-state index contributed by atoms with van der Waals surface area (Å²) in [7, 11) is -3.99. The average Bonchev–Trinajstić information content (AvgIpc) is 2.88. The first kappa shape index (κ1) is 14.5. The molecular weight excluding hydrogens is 335 g/mol. The monoisotopic (exact) mass is 342 g/mol. The van der Waals surface area contributed by atoms with Crippen LogP contribution in [-0.4, -0.2) is 23.0 Å². The Bertz CT molecular complexity index is 1030. The van der Waals surface area contributed by atoms with Crippen LogP contribution in [0.2, 0.25) is 5.02 Å². The minimum Gasteiger partial charge on any atom is -0.300 e. The van der Waals surface area contributed by atoms with Gasteiger partial charge < -0.3 is 0 Å². The van der Waals surface area contributed by atoms with Gasteiger partial charge in [-0.3, -0.25) is 13.9 Å². The van der Waals surface area contributed by atoms with Crippen molar-refractivity contribution in [2.24, 2.45) is 0 Å². The van der Waals surface area contributed by atoms with Gasteiger partial charge in [-0.25, -0.2) is 17.9 Å². The van der Waals surface area contributed by atoms with Gasteiger partial charge in [0, 0.05) is 6.20 Å². The Balaban J connectivity index is 2.04. The maximum absolute atomic E-state index is 13.0. The second-order valence-corrected chi connectivity index (χ2v) is 6.47. The number of benzene rings is 1. The first-order chi connectivity index (χ1) is 10.4. The topological polar surface area (TPSA) is 96.3 Å². The van der Waals surface area contributed by atoms with Crippen molar-refractivity contribution in [1.29, 1.82) is 0 Å². The molecule has 7 nitrogen and oxygen atoms in total. The highest BCUT2D eigenvalue weighted by Crippen LogP contribution is 2.25. The van der Waals surface area contributed by atoms with Crippen LogP contribution in [0, 0.1) is 5.82 Å². The smallest absolute Gasteiger partial charge is 0.288 e. The van der Waals surface area contributed by atoms with Crippen LogP contribution in [-0.2, 0) is 10.0 Å². The number of halogens is 2. The maximum atomic E-state index is 13.0. The molecule has 3 aromatic rings. The molecule has 0 aliphatic heterocycles. The highest BCUT2D eigenvalue weighted by molar-refractivity contribution is 7.92. The maximum Gasteiger partial charge on any atom is 0.288 e. The number of hydrogen-bond donors (Lipinski definition) is 2. The van der Waals surface area contributed by atoms with E-state index in [1.165, 1.54) is 29.1 Å². The van der Waals surface area contributed by atoms with E-state index in [1.807, 2.05) is 0 Å². The third-order valence-electron chi connectivity index (χ3n) is 2.89. The van der Waals surface area contributed by atoms with E-state index in [4.69, 9.17) is 11.6 Å². The normalized spacial score (nSPS) is 11.7. The van der Waals surface area contributed by atoms with Crippen LogP contribution >= 0.6 is 11.6 Å². The first-order valence-electron chi connectivity index (χ1n) is 5.90. The van der Waals surface area contributed by atoms with Gasteiger partial charge in [0.15, 0.2) is 0 Å². The average molecular weight is 343 g/mol. The summed E-state index contributed by atoms with van der Waals surface area (Å²) in [5.41, 5.74) is -0.366. The number of fused-ring (bicyclic) bond motifs is 1. The van der Waals surface area contributed by atoms with Crippen LogP contribution in [0.25, 0.3) is 5.52 Å². The fourth-order valence-electron chi connectivity index (χ4n) is 1.86. The lowest BCUT2D eigenvalue weighted by Gasteiger charge is -2.08. The molecule has 0 unspecified atom stereocenters. The van der Waals surface area contributed by atoms with Crippen molar-refractivity contribution in [2.45, 2.75) is 4.90 Å². The third kappa shape index (κ3) is 2.55. The van der Waals surface area contributed by atoms with Crippen molar-refractivity contribution in [3.8, 4) is 0 Å². The minimum absolute atomic E-state index is 0.0327. The van der Waals surface area contributed by atoms with E-state index < -0.39 is 21.4 Å². The molecule has 0 spiro atoms. The summed E-state index contributed by atoms with van der Waals surface area (Å²) >= 11 is 5.79. The van der Waals surface area contributed by atoms with Crippen molar-refractivity contribution in [3.63, 3.8) is 0 Å². The van der Waals surface area contributed by atoms with Gasteiger partial charge in [0.25, 0.3) is 15.6 Å². The molecule has 2 N–H and O–H groups in total. The van der Waals surface area contributed by atoms with Gasteiger partial charge in [0.1, 0.15) is 22.6 Å². The number of H-pyrrole nitrogens is 1. The highest BCUT2D eigenvalue weighted by Gasteiger charge is 2.19. The lowest BCUT2D eigenvalue weighted by Crippen LogP contribution is -2.12. The fourth-order valence-corrected chi connectivity index (χ4v) is 3.24. The summed E-state index contributed by atoms with van der Waals surface area (Å²) < 4.78 is 41.1. The van der Waals surface area contributed by atoms with E-state index in [0.717, 1.165) is 12.1 Å². The zero-order valence-corrected chi connectivity index (χ0v) is 12.3. The molecule has 1 aromatic carbocycles. The van der Waals surface area contributed by atoms with Gasteiger partial charge in [-0.05, 0) is 24.3 Å². The van der Waals surface area contributed by atoms with Crippen LogP contribution in [0.4, 0.5) is 10.1 Å². The van der Waals surface area contributed by atoms with Crippen LogP contribution < -0.4 is 10.3 Å². The zero-order chi connectivity index (χ0) is 15.9. The minimum atomic E-state index is -3.99. The summed E-state index contributed by atoms with van der Waals surface area (Å²) in [6.07, 6.45) is 2.50. The predicted molar refractivity (Wildman–Crippen MR) is 78.0 cm³/mol. The Hall–Kier alpha value is -2.39. The van der Waals surface area contributed by atoms with Gasteiger partial charge in [-0.1, -0.05) is 11.6 Å². The second kappa shape index (κ2) is 5.11. The molecule has 3 rings (SSSR count). The molecule has 10 heteroatoms. The van der Waals surface area contributed by atoms with Gasteiger partial charge >= 0.3 is 0 Å². The van der Waals surface area contributed by atoms with E-state index in [-0.39, 0.29) is 21.1 Å². The van der Waals surface area contributed by atoms with Crippen LogP contribution in [0.3, 0.4) is 0 Å². The molecule has 114 valence electrons. The summed E-state index contributed by atoms with van der Waals surface area (Å²) in [5, 5.41) is 5.69. The molecule has 0 saturated heterocycles. The standard InChI is InChI=1S/C12H8ClFN4O3S/c13-9-3-7(14)1-2-10(9)17-22(20,21)8-4-11-12(19)16-15-6-18(11)5-8/h1-6,17H,(H,16,19). The number of nitrogens with one attached hydrogen (secondary N) is 2. The van der Waals surface area contributed by atoms with Crippen molar-refractivity contribution < 1.29 is 12.8 Å². The number of rotatable bonds is 3. The summed E-state index contributed by atoms with van der Waals surface area (Å²) in [6, 6.07) is 4.47. The van der Waals surface area contributed by atoms with Crippen molar-refractivity contribution >= 4 is 32.8 Å². The van der Waals surface area contributed by atoms with E-state index in [0.29, 0.717) is 0 Å². The molecular formula is C12H8ClFN4O3S. The molecule has 2 aromatic heterocycles. The summed E-state index contributed by atoms with van der Waals surface area (Å²) in [5.74, 6) is -0.583. The molecule has 0 bridgehead atoms. The van der Waals surface area contributed by atoms with Crippen LogP contribution in [0.1, 0.15) is 0 Å². The van der Waals surface area contributed by atoms with Gasteiger partial charge in [0.2, 0.25) is 0 Å². The summed E-state index contributed by atoms with van der Waals surface area (Å²) in [6.45, 7) is 0. The Morgan fingerprint density at radius 3 is 2.77 bits per heavy atom. The second-order valence-electron chi connectivity index (χ2n) is 4.38. The van der Waals surface area contributed by atoms with Crippen LogP contribution in [0.15, 0.2) is 46.5 Å². The van der Waals surface area contributed by atoms with E-state index in [2.05, 4.69) is 14.9 Å². The van der Waals surface area contributed by atoms with Crippen molar-refractivity contribution in [1.82, 2.24) is 14.6 Å². The largest absolute Gasteiger partial charge is 0.300 e. The fraction of sp³-hybridized carbons (Fsp3) is 0. The Morgan fingerprint density at radius 1 is 1.32 bits per heavy atom. The molecule has 2 heterocycles. The number of aromatic amines is 1. The number of sulfonamides is 1. The Kier molecular flexibility index (Phi) is 3.38. The number of hydrogen-bond acceptors (Lipinski definition) is 4. The molecule has 0 fully saturated rings. The quantitative estimate of drug-likeness (QED) is 0.755. The first-order valence-corrected chi connectivity index (χ1v) is 7.76. The number of nitrogens with zero attached hydrogens (tertiary/aromatic N) is 2. The lowest BCUT2D eigenvalue weighted by molar-refractivity contribution is 0.601. The molecule has 0 radical (unpaired) electrons. The highest BCUT2D eigenvalue weighted by atomic mass is 35.5. The van der Waals surface area contributed by atoms with Gasteiger partial charge in [-0.2, -0.15) is 5.10 Å². The Morgan fingerprint density at radius 2 is 2.09 bits per heavy atom. The molecule has 0 atom stereocenters. The third-order valence-corrected chi connectivity index (χ3v) is 4.54. The zero-order valence-electron chi connectivity index (χ0n) is 10.7. The Labute approximate surface area is 128 Å². The molecule has 0 aliphatic rings. The molecule has 0 aliphatic carbocycles. The van der Waals surface area contributed by atoms with E-state index >= 15 is 0 Å². The van der Waals surface area contributed by atoms with Crippen molar-refractivity contribution in [2.75, 3.05) is 4.72 Å². The van der Waals surface area contributed by atoms with E-state index in [9.17, 15) is 17.6 Å². The van der Waals surface area contributed by atoms with Crippen molar-refractivity contribution in [3.05, 3.63) is 58.0 Å². The molecule has 22 heavy (non-hydrogen) atoms. The van der Waals surface area contributed by atoms with Gasteiger partial charge in [-0.15, -0.1) is 0 Å². The lowest BCUT2D eigenvalue weighted by atomic mass is 10.3. The number of aromatic nitrogens is 3.